The van der Waals surface area contributed by atoms with Crippen LogP contribution in [0.4, 0.5) is 13.2 Å². The van der Waals surface area contributed by atoms with Gasteiger partial charge in [0.2, 0.25) is 5.82 Å². The summed E-state index contributed by atoms with van der Waals surface area (Å²) in [4.78, 5) is 19.4. The van der Waals surface area contributed by atoms with Gasteiger partial charge in [-0.2, -0.15) is 13.2 Å². The third-order valence-corrected chi connectivity index (χ3v) is 4.45. The average molecular weight is 337 g/mol. The summed E-state index contributed by atoms with van der Waals surface area (Å²) in [5.74, 6) is -1.22. The van der Waals surface area contributed by atoms with E-state index in [1.165, 1.54) is 5.56 Å². The zero-order valence-corrected chi connectivity index (χ0v) is 13.5. The summed E-state index contributed by atoms with van der Waals surface area (Å²) in [6.45, 7) is 5.54. The molecule has 2 heterocycles. The topological polar surface area (TPSA) is 49.0 Å². The molecule has 0 saturated carbocycles. The summed E-state index contributed by atoms with van der Waals surface area (Å²) < 4.78 is 38.5. The van der Waals surface area contributed by atoms with E-state index in [-0.39, 0.29) is 12.2 Å². The second-order valence-corrected chi connectivity index (χ2v) is 6.17. The second-order valence-electron chi connectivity index (χ2n) is 6.17. The zero-order chi connectivity index (χ0) is 17.5. The van der Waals surface area contributed by atoms with Gasteiger partial charge < -0.3 is 4.98 Å². The number of rotatable bonds is 2. The van der Waals surface area contributed by atoms with Crippen LogP contribution in [0.5, 0.6) is 0 Å². The van der Waals surface area contributed by atoms with E-state index in [2.05, 4.69) is 4.98 Å². The van der Waals surface area contributed by atoms with Crippen LogP contribution in [0.2, 0.25) is 0 Å². The molecule has 3 rings (SSSR count). The largest absolute Gasteiger partial charge is 0.449 e. The summed E-state index contributed by atoms with van der Waals surface area (Å²) in [5.41, 5.74) is 3.37. The number of hydrogen-bond acceptors (Lipinski definition) is 3. The normalized spacial score (nSPS) is 15.4. The van der Waals surface area contributed by atoms with Crippen LogP contribution in [0.3, 0.4) is 0 Å². The van der Waals surface area contributed by atoms with Crippen molar-refractivity contribution in [3.05, 3.63) is 62.3 Å². The van der Waals surface area contributed by atoms with Gasteiger partial charge in [-0.1, -0.05) is 18.2 Å². The number of alkyl halides is 3. The van der Waals surface area contributed by atoms with Crippen molar-refractivity contribution in [3.8, 4) is 0 Å². The van der Waals surface area contributed by atoms with Crippen molar-refractivity contribution in [3.63, 3.8) is 0 Å². The fraction of sp³-hybridized carbons (Fsp3) is 0.412. The fourth-order valence-corrected chi connectivity index (χ4v) is 3.09. The van der Waals surface area contributed by atoms with Crippen molar-refractivity contribution in [2.24, 2.45) is 0 Å². The third kappa shape index (κ3) is 3.21. The van der Waals surface area contributed by atoms with Crippen molar-refractivity contribution in [1.29, 1.82) is 0 Å². The lowest BCUT2D eigenvalue weighted by Gasteiger charge is -2.29. The molecule has 0 spiro atoms. The summed E-state index contributed by atoms with van der Waals surface area (Å²) in [6, 6.07) is 6.02. The van der Waals surface area contributed by atoms with Crippen molar-refractivity contribution in [2.75, 3.05) is 6.54 Å². The van der Waals surface area contributed by atoms with Crippen molar-refractivity contribution < 1.29 is 13.2 Å². The summed E-state index contributed by atoms with van der Waals surface area (Å²) in [7, 11) is 0. The molecule has 0 atom stereocenters. The molecule has 0 aliphatic carbocycles. The van der Waals surface area contributed by atoms with Gasteiger partial charge in [-0.15, -0.1) is 0 Å². The molecule has 2 aromatic rings. The van der Waals surface area contributed by atoms with E-state index in [9.17, 15) is 18.0 Å². The van der Waals surface area contributed by atoms with Crippen LogP contribution in [0.25, 0.3) is 0 Å². The maximum absolute atomic E-state index is 12.8. The maximum atomic E-state index is 12.8. The molecular weight excluding hydrogens is 319 g/mol. The monoisotopic (exact) mass is 337 g/mol. The molecule has 1 aliphatic heterocycles. The molecule has 4 nitrogen and oxygen atoms in total. The van der Waals surface area contributed by atoms with Gasteiger partial charge in [-0.25, -0.2) is 4.98 Å². The Morgan fingerprint density at radius 2 is 1.92 bits per heavy atom. The van der Waals surface area contributed by atoms with Gasteiger partial charge in [-0.05, 0) is 37.0 Å². The van der Waals surface area contributed by atoms with Crippen molar-refractivity contribution in [2.45, 2.75) is 39.5 Å². The summed E-state index contributed by atoms with van der Waals surface area (Å²) in [6.07, 6.45) is -4.25. The number of aromatic amines is 1. The Kier molecular flexibility index (Phi) is 4.21. The molecule has 7 heteroatoms. The van der Waals surface area contributed by atoms with Gasteiger partial charge in [0.1, 0.15) is 0 Å². The summed E-state index contributed by atoms with van der Waals surface area (Å²) >= 11 is 0. The zero-order valence-electron chi connectivity index (χ0n) is 13.5. The quantitative estimate of drug-likeness (QED) is 0.917. The van der Waals surface area contributed by atoms with E-state index in [0.717, 1.165) is 11.1 Å². The Labute approximate surface area is 137 Å². The van der Waals surface area contributed by atoms with Crippen LogP contribution in [-0.4, -0.2) is 21.4 Å². The van der Waals surface area contributed by atoms with Gasteiger partial charge >= 0.3 is 6.18 Å². The molecule has 1 aliphatic rings. The van der Waals surface area contributed by atoms with E-state index in [0.29, 0.717) is 25.1 Å². The lowest BCUT2D eigenvalue weighted by atomic mass is 10.0. The van der Waals surface area contributed by atoms with Gasteiger partial charge in [-0.3, -0.25) is 9.69 Å². The molecule has 128 valence electrons. The molecule has 0 radical (unpaired) electrons. The maximum Gasteiger partial charge on any atom is 0.449 e. The first-order valence-electron chi connectivity index (χ1n) is 7.72. The Morgan fingerprint density at radius 3 is 2.54 bits per heavy atom. The molecule has 0 amide bonds. The van der Waals surface area contributed by atoms with Gasteiger partial charge in [0.25, 0.3) is 5.56 Å². The number of hydrogen-bond donors (Lipinski definition) is 1. The first kappa shape index (κ1) is 16.7. The van der Waals surface area contributed by atoms with Crippen molar-refractivity contribution in [1.82, 2.24) is 14.9 Å². The minimum absolute atomic E-state index is 0.226. The number of benzene rings is 1. The van der Waals surface area contributed by atoms with Crippen LogP contribution in [0.1, 0.15) is 33.8 Å². The van der Waals surface area contributed by atoms with Gasteiger partial charge in [0, 0.05) is 25.2 Å². The van der Waals surface area contributed by atoms with E-state index >= 15 is 0 Å². The fourth-order valence-electron chi connectivity index (χ4n) is 3.09. The van der Waals surface area contributed by atoms with Gasteiger partial charge in [0.05, 0.1) is 5.69 Å². The molecule has 1 aromatic carbocycles. The summed E-state index contributed by atoms with van der Waals surface area (Å²) in [5, 5.41) is 0. The van der Waals surface area contributed by atoms with Crippen molar-refractivity contribution >= 4 is 0 Å². The number of aryl methyl sites for hydroxylation is 2. The molecule has 0 unspecified atom stereocenters. The van der Waals surface area contributed by atoms with Crippen LogP contribution < -0.4 is 5.56 Å². The highest BCUT2D eigenvalue weighted by molar-refractivity contribution is 5.33. The predicted molar refractivity (Wildman–Crippen MR) is 83.6 cm³/mol. The number of nitrogens with zero attached hydrogens (tertiary/aromatic N) is 2. The number of H-pyrrole nitrogens is 1. The standard InChI is InChI=1S/C17H18F3N3O/c1-10-4-3-5-11(2)13(10)8-23-7-6-12-14(9-23)21-16(17(18,19)20)22-15(12)24/h3-5H,6-9H2,1-2H3,(H,21,22,24). The Bertz CT molecular complexity index is 807. The Balaban J connectivity index is 1.89. The lowest BCUT2D eigenvalue weighted by molar-refractivity contribution is -0.145. The van der Waals surface area contributed by atoms with E-state index < -0.39 is 17.6 Å². The number of fused-ring (bicyclic) bond motifs is 1. The Hall–Kier alpha value is -2.15. The van der Waals surface area contributed by atoms with E-state index in [1.54, 1.807) is 0 Å². The molecule has 1 aromatic heterocycles. The highest BCUT2D eigenvalue weighted by atomic mass is 19.4. The first-order chi connectivity index (χ1) is 11.3. The van der Waals surface area contributed by atoms with Crippen LogP contribution >= 0.6 is 0 Å². The third-order valence-electron chi connectivity index (χ3n) is 4.45. The molecule has 0 bridgehead atoms. The van der Waals surface area contributed by atoms with Crippen LogP contribution in [-0.2, 0) is 25.7 Å². The highest BCUT2D eigenvalue weighted by Gasteiger charge is 2.36. The lowest BCUT2D eigenvalue weighted by Crippen LogP contribution is -2.36. The first-order valence-corrected chi connectivity index (χ1v) is 7.72. The second kappa shape index (κ2) is 6.05. The Morgan fingerprint density at radius 1 is 1.25 bits per heavy atom. The minimum atomic E-state index is -4.65. The highest BCUT2D eigenvalue weighted by Crippen LogP contribution is 2.27. The number of nitrogens with one attached hydrogen (secondary N) is 1. The number of aromatic nitrogens is 2. The molecule has 0 saturated heterocycles. The molecular formula is C17H18F3N3O. The van der Waals surface area contributed by atoms with Crippen LogP contribution in [0.15, 0.2) is 23.0 Å². The smallest absolute Gasteiger partial charge is 0.303 e. The predicted octanol–water partition coefficient (Wildman–Crippen LogP) is 2.96. The molecule has 1 N–H and O–H groups in total. The average Bonchev–Trinajstić information content (AvgIpc) is 2.50. The minimum Gasteiger partial charge on any atom is -0.303 e. The SMILES string of the molecule is Cc1cccc(C)c1CN1CCc2c(nc(C(F)(F)F)[nH]c2=O)C1. The molecule has 24 heavy (non-hydrogen) atoms. The van der Waals surface area contributed by atoms with Crippen LogP contribution in [0, 0.1) is 13.8 Å². The molecule has 0 fully saturated rings. The number of halogens is 3. The van der Waals surface area contributed by atoms with E-state index in [1.807, 2.05) is 41.9 Å². The van der Waals surface area contributed by atoms with Gasteiger partial charge in [0.15, 0.2) is 0 Å². The van der Waals surface area contributed by atoms with E-state index in [4.69, 9.17) is 0 Å².